The first kappa shape index (κ1) is 9.58. The standard InChI is InChI=1S/C9H6N4O4/c1-5-7(12-17-13(5)14)9-11-10-8(16-9)6-3-2-4-15-6/h2-4H,1H3. The van der Waals surface area contributed by atoms with Gasteiger partial charge in [0.1, 0.15) is 0 Å². The van der Waals surface area contributed by atoms with Gasteiger partial charge in [0.25, 0.3) is 11.8 Å². The molecule has 0 fully saturated rings. The largest absolute Gasteiger partial charge is 0.459 e. The molecule has 0 aliphatic heterocycles. The summed E-state index contributed by atoms with van der Waals surface area (Å²) in [6.45, 7) is 1.54. The molecule has 17 heavy (non-hydrogen) atoms. The van der Waals surface area contributed by atoms with E-state index in [1.165, 1.54) is 13.2 Å². The van der Waals surface area contributed by atoms with Crippen LogP contribution in [0.5, 0.6) is 0 Å². The van der Waals surface area contributed by atoms with E-state index in [0.717, 1.165) is 0 Å². The number of aromatic nitrogens is 4. The predicted octanol–water partition coefficient (Wildman–Crippen LogP) is 0.926. The third-order valence-electron chi connectivity index (χ3n) is 2.18. The highest BCUT2D eigenvalue weighted by molar-refractivity contribution is 5.51. The van der Waals surface area contributed by atoms with E-state index >= 15 is 0 Å². The minimum atomic E-state index is 0.104. The highest BCUT2D eigenvalue weighted by atomic mass is 16.8. The molecule has 3 aromatic rings. The summed E-state index contributed by atoms with van der Waals surface area (Å²) in [4.78, 5) is 0.270. The van der Waals surface area contributed by atoms with Gasteiger partial charge < -0.3 is 14.0 Å². The van der Waals surface area contributed by atoms with Crippen LogP contribution < -0.4 is 4.90 Å². The number of hydrogen-bond donors (Lipinski definition) is 0. The van der Waals surface area contributed by atoms with Crippen LogP contribution in [0, 0.1) is 12.1 Å². The van der Waals surface area contributed by atoms with Crippen LogP contribution in [0.15, 0.2) is 31.9 Å². The van der Waals surface area contributed by atoms with Crippen molar-refractivity contribution in [3.63, 3.8) is 0 Å². The topological polar surface area (TPSA) is 105 Å². The van der Waals surface area contributed by atoms with Crippen LogP contribution in [0.2, 0.25) is 0 Å². The molecule has 0 unspecified atom stereocenters. The Morgan fingerprint density at radius 1 is 1.29 bits per heavy atom. The minimum Gasteiger partial charge on any atom is -0.459 e. The lowest BCUT2D eigenvalue weighted by Crippen LogP contribution is -2.25. The molecule has 0 N–H and O–H groups in total. The number of nitrogens with zero attached hydrogens (tertiary/aromatic N) is 4. The second kappa shape index (κ2) is 3.44. The maximum atomic E-state index is 11.0. The lowest BCUT2D eigenvalue weighted by atomic mass is 10.3. The Morgan fingerprint density at radius 2 is 2.12 bits per heavy atom. The van der Waals surface area contributed by atoms with E-state index in [2.05, 4.69) is 20.0 Å². The molecule has 86 valence electrons. The van der Waals surface area contributed by atoms with Crippen molar-refractivity contribution in [1.82, 2.24) is 15.4 Å². The fraction of sp³-hybridized carbons (Fsp3) is 0.111. The zero-order valence-corrected chi connectivity index (χ0v) is 8.65. The van der Waals surface area contributed by atoms with Gasteiger partial charge in [-0.2, -0.15) is 0 Å². The first-order valence-electron chi connectivity index (χ1n) is 4.70. The molecule has 0 spiro atoms. The molecule has 0 saturated carbocycles. The molecule has 0 saturated heterocycles. The smallest absolute Gasteiger partial charge is 0.307 e. The molecule has 0 amide bonds. The van der Waals surface area contributed by atoms with Crippen LogP contribution in [0.25, 0.3) is 23.2 Å². The molecule has 0 aliphatic carbocycles. The molecule has 0 bridgehead atoms. The lowest BCUT2D eigenvalue weighted by molar-refractivity contribution is -0.806. The summed E-state index contributed by atoms with van der Waals surface area (Å²) in [5.74, 6) is 0.761. The number of furan rings is 1. The fourth-order valence-electron chi connectivity index (χ4n) is 1.30. The van der Waals surface area contributed by atoms with E-state index in [1.807, 2.05) is 0 Å². The highest BCUT2D eigenvalue weighted by Gasteiger charge is 2.23. The van der Waals surface area contributed by atoms with Crippen LogP contribution in [0.4, 0.5) is 0 Å². The SMILES string of the molecule is Cc1c(-c2nnc(-c3ccco3)o2)no[n+]1[O-]. The average molecular weight is 234 g/mol. The summed E-state index contributed by atoms with van der Waals surface area (Å²) in [7, 11) is 0. The third-order valence-corrected chi connectivity index (χ3v) is 2.18. The molecule has 0 atom stereocenters. The normalized spacial score (nSPS) is 10.9. The second-order valence-corrected chi connectivity index (χ2v) is 3.25. The van der Waals surface area contributed by atoms with Gasteiger partial charge in [0, 0.05) is 6.92 Å². The van der Waals surface area contributed by atoms with E-state index in [0.29, 0.717) is 5.76 Å². The first-order chi connectivity index (χ1) is 8.25. The first-order valence-corrected chi connectivity index (χ1v) is 4.70. The molecule has 8 heteroatoms. The van der Waals surface area contributed by atoms with Crippen molar-refractivity contribution in [3.8, 4) is 23.2 Å². The average Bonchev–Trinajstić information content (AvgIpc) is 3.01. The van der Waals surface area contributed by atoms with Gasteiger partial charge in [0.05, 0.1) is 11.4 Å². The fourth-order valence-corrected chi connectivity index (χ4v) is 1.30. The molecule has 3 aromatic heterocycles. The lowest BCUT2D eigenvalue weighted by Gasteiger charge is -1.85. The quantitative estimate of drug-likeness (QED) is 0.607. The van der Waals surface area contributed by atoms with E-state index in [4.69, 9.17) is 8.83 Å². The zero-order valence-electron chi connectivity index (χ0n) is 8.65. The zero-order chi connectivity index (χ0) is 11.8. The minimum absolute atomic E-state index is 0.104. The van der Waals surface area contributed by atoms with Crippen molar-refractivity contribution in [2.24, 2.45) is 0 Å². The van der Waals surface area contributed by atoms with Crippen molar-refractivity contribution in [1.29, 1.82) is 0 Å². The monoisotopic (exact) mass is 234 g/mol. The van der Waals surface area contributed by atoms with Crippen LogP contribution >= 0.6 is 0 Å². The van der Waals surface area contributed by atoms with Crippen LogP contribution in [0.3, 0.4) is 0 Å². The Hall–Kier alpha value is -2.64. The Labute approximate surface area is 94.0 Å². The maximum absolute atomic E-state index is 11.0. The van der Waals surface area contributed by atoms with Crippen LogP contribution in [-0.2, 0) is 0 Å². The van der Waals surface area contributed by atoms with Crippen molar-refractivity contribution in [2.45, 2.75) is 6.92 Å². The van der Waals surface area contributed by atoms with Crippen molar-refractivity contribution in [2.75, 3.05) is 0 Å². The van der Waals surface area contributed by atoms with Gasteiger partial charge in [-0.25, -0.2) is 0 Å². The number of rotatable bonds is 2. The molecule has 8 nitrogen and oxygen atoms in total. The molecule has 0 radical (unpaired) electrons. The molecule has 3 heterocycles. The summed E-state index contributed by atoms with van der Waals surface area (Å²) in [5.41, 5.74) is 0.463. The summed E-state index contributed by atoms with van der Waals surface area (Å²) in [5, 5.41) is 22.1. The van der Waals surface area contributed by atoms with Gasteiger partial charge in [0.15, 0.2) is 5.76 Å². The molecular formula is C9H6N4O4. The Bertz CT molecular complexity index is 640. The maximum Gasteiger partial charge on any atom is 0.307 e. The summed E-state index contributed by atoms with van der Waals surface area (Å²) >= 11 is 0. The van der Waals surface area contributed by atoms with Gasteiger partial charge in [-0.3, -0.25) is 4.63 Å². The van der Waals surface area contributed by atoms with Gasteiger partial charge in [0.2, 0.25) is 5.69 Å². The van der Waals surface area contributed by atoms with Gasteiger partial charge >= 0.3 is 5.69 Å². The van der Waals surface area contributed by atoms with Gasteiger partial charge in [-0.1, -0.05) is 0 Å². The number of hydrogen-bond acceptors (Lipinski definition) is 7. The van der Waals surface area contributed by atoms with E-state index < -0.39 is 0 Å². The summed E-state index contributed by atoms with van der Waals surface area (Å²) in [6, 6.07) is 3.38. The van der Waals surface area contributed by atoms with Crippen molar-refractivity contribution in [3.05, 3.63) is 29.3 Å². The third kappa shape index (κ3) is 1.46. The van der Waals surface area contributed by atoms with E-state index in [1.54, 1.807) is 12.1 Å². The second-order valence-electron chi connectivity index (χ2n) is 3.25. The highest BCUT2D eigenvalue weighted by Crippen LogP contribution is 2.23. The van der Waals surface area contributed by atoms with Gasteiger partial charge in [-0.05, 0) is 17.0 Å². The van der Waals surface area contributed by atoms with E-state index in [-0.39, 0.29) is 28.1 Å². The molecule has 0 aromatic carbocycles. The van der Waals surface area contributed by atoms with Crippen LogP contribution in [-0.4, -0.2) is 15.4 Å². The molecule has 3 rings (SSSR count). The molecular weight excluding hydrogens is 228 g/mol. The summed E-state index contributed by atoms with van der Waals surface area (Å²) < 4.78 is 14.8. The van der Waals surface area contributed by atoms with E-state index in [9.17, 15) is 5.21 Å². The summed E-state index contributed by atoms with van der Waals surface area (Å²) in [6.07, 6.45) is 1.49. The van der Waals surface area contributed by atoms with Crippen LogP contribution in [0.1, 0.15) is 5.69 Å². The molecule has 0 aliphatic rings. The van der Waals surface area contributed by atoms with Crippen molar-refractivity contribution < 1.29 is 18.4 Å². The van der Waals surface area contributed by atoms with Gasteiger partial charge in [-0.15, -0.1) is 10.2 Å². The Morgan fingerprint density at radius 3 is 2.76 bits per heavy atom. The Kier molecular flexibility index (Phi) is 1.94. The van der Waals surface area contributed by atoms with Crippen molar-refractivity contribution >= 4 is 0 Å². The predicted molar refractivity (Wildman–Crippen MR) is 51.2 cm³/mol. The Balaban J connectivity index is 2.04.